The highest BCUT2D eigenvalue weighted by atomic mass is 32.2. The van der Waals surface area contributed by atoms with Gasteiger partial charge in [0.2, 0.25) is 0 Å². The summed E-state index contributed by atoms with van der Waals surface area (Å²) in [6.07, 6.45) is 2.56. The molecule has 3 nitrogen and oxygen atoms in total. The molecule has 1 aromatic rings. The van der Waals surface area contributed by atoms with Gasteiger partial charge in [0.1, 0.15) is 5.60 Å². The van der Waals surface area contributed by atoms with Crippen molar-refractivity contribution in [1.82, 2.24) is 9.78 Å². The van der Waals surface area contributed by atoms with E-state index < -0.39 is 5.60 Å². The van der Waals surface area contributed by atoms with Gasteiger partial charge in [-0.1, -0.05) is 13.8 Å². The van der Waals surface area contributed by atoms with Gasteiger partial charge in [-0.2, -0.15) is 16.9 Å². The molecule has 0 aliphatic carbocycles. The van der Waals surface area contributed by atoms with E-state index in [4.69, 9.17) is 0 Å². The Morgan fingerprint density at radius 3 is 2.73 bits per heavy atom. The Morgan fingerprint density at radius 2 is 2.20 bits per heavy atom. The predicted molar refractivity (Wildman–Crippen MR) is 62.8 cm³/mol. The van der Waals surface area contributed by atoms with Crippen molar-refractivity contribution in [2.45, 2.75) is 25.9 Å². The molecule has 0 spiro atoms. The van der Waals surface area contributed by atoms with Crippen LogP contribution in [0.25, 0.3) is 0 Å². The SMILES string of the molecule is Cn1nccc1C1(O)CSCC(C)(C)C1. The van der Waals surface area contributed by atoms with Crippen LogP contribution >= 0.6 is 11.8 Å². The monoisotopic (exact) mass is 226 g/mol. The van der Waals surface area contributed by atoms with E-state index in [0.717, 1.165) is 23.6 Å². The molecule has 1 aliphatic rings. The number of aryl methyl sites for hydroxylation is 1. The summed E-state index contributed by atoms with van der Waals surface area (Å²) in [6.45, 7) is 4.42. The summed E-state index contributed by atoms with van der Waals surface area (Å²) in [5, 5.41) is 14.8. The minimum atomic E-state index is -0.711. The molecule has 0 saturated carbocycles. The van der Waals surface area contributed by atoms with Gasteiger partial charge in [0.15, 0.2) is 0 Å². The molecule has 1 atom stereocenters. The highest BCUT2D eigenvalue weighted by molar-refractivity contribution is 7.99. The molecule has 0 radical (unpaired) electrons. The zero-order valence-electron chi connectivity index (χ0n) is 9.53. The summed E-state index contributed by atoms with van der Waals surface area (Å²) >= 11 is 1.82. The summed E-state index contributed by atoms with van der Waals surface area (Å²) in [7, 11) is 1.89. The molecule has 84 valence electrons. The molecule has 1 unspecified atom stereocenters. The highest BCUT2D eigenvalue weighted by Gasteiger charge is 2.41. The van der Waals surface area contributed by atoms with Crippen LogP contribution in [0.15, 0.2) is 12.3 Å². The fourth-order valence-electron chi connectivity index (χ4n) is 2.38. The molecular weight excluding hydrogens is 208 g/mol. The largest absolute Gasteiger partial charge is 0.383 e. The Labute approximate surface area is 94.9 Å². The summed E-state index contributed by atoms with van der Waals surface area (Å²) in [4.78, 5) is 0. The van der Waals surface area contributed by atoms with Crippen molar-refractivity contribution in [3.05, 3.63) is 18.0 Å². The average molecular weight is 226 g/mol. The van der Waals surface area contributed by atoms with Crippen molar-refractivity contribution in [1.29, 1.82) is 0 Å². The number of nitrogens with zero attached hydrogens (tertiary/aromatic N) is 2. The maximum absolute atomic E-state index is 10.7. The average Bonchev–Trinajstić information content (AvgIpc) is 2.49. The zero-order chi connectivity index (χ0) is 11.1. The topological polar surface area (TPSA) is 38.0 Å². The molecule has 1 saturated heterocycles. The predicted octanol–water partition coefficient (Wildman–Crippen LogP) is 1.77. The van der Waals surface area contributed by atoms with Gasteiger partial charge >= 0.3 is 0 Å². The minimum absolute atomic E-state index is 0.196. The van der Waals surface area contributed by atoms with Crippen LogP contribution in [0.4, 0.5) is 0 Å². The van der Waals surface area contributed by atoms with E-state index in [1.807, 2.05) is 24.9 Å². The first-order valence-corrected chi connectivity index (χ1v) is 6.37. The van der Waals surface area contributed by atoms with Crippen molar-refractivity contribution in [3.63, 3.8) is 0 Å². The maximum atomic E-state index is 10.7. The second-order valence-electron chi connectivity index (χ2n) is 5.21. The number of rotatable bonds is 1. The molecule has 1 fully saturated rings. The van der Waals surface area contributed by atoms with Crippen LogP contribution in [0, 0.1) is 5.41 Å². The molecule has 1 aliphatic heterocycles. The van der Waals surface area contributed by atoms with Crippen LogP contribution in [-0.2, 0) is 12.6 Å². The molecule has 15 heavy (non-hydrogen) atoms. The fourth-order valence-corrected chi connectivity index (χ4v) is 3.73. The van der Waals surface area contributed by atoms with E-state index >= 15 is 0 Å². The van der Waals surface area contributed by atoms with Crippen LogP contribution in [0.3, 0.4) is 0 Å². The lowest BCUT2D eigenvalue weighted by molar-refractivity contribution is 0.00845. The van der Waals surface area contributed by atoms with Gasteiger partial charge in [-0.25, -0.2) is 0 Å². The summed E-state index contributed by atoms with van der Waals surface area (Å²) in [5.41, 5.74) is 0.419. The van der Waals surface area contributed by atoms with E-state index in [2.05, 4.69) is 18.9 Å². The molecule has 0 amide bonds. The quantitative estimate of drug-likeness (QED) is 0.793. The number of hydrogen-bond acceptors (Lipinski definition) is 3. The van der Waals surface area contributed by atoms with E-state index in [9.17, 15) is 5.11 Å². The van der Waals surface area contributed by atoms with E-state index in [0.29, 0.717) is 0 Å². The number of hydrogen-bond donors (Lipinski definition) is 1. The van der Waals surface area contributed by atoms with Crippen LogP contribution in [0.5, 0.6) is 0 Å². The lowest BCUT2D eigenvalue weighted by Gasteiger charge is -2.40. The lowest BCUT2D eigenvalue weighted by atomic mass is 9.80. The van der Waals surface area contributed by atoms with Crippen molar-refractivity contribution in [2.24, 2.45) is 12.5 Å². The first-order valence-electron chi connectivity index (χ1n) is 5.22. The lowest BCUT2D eigenvalue weighted by Crippen LogP contribution is -2.41. The highest BCUT2D eigenvalue weighted by Crippen LogP contribution is 2.44. The van der Waals surface area contributed by atoms with Crippen molar-refractivity contribution >= 4 is 11.8 Å². The Balaban J connectivity index is 2.31. The van der Waals surface area contributed by atoms with Crippen molar-refractivity contribution < 1.29 is 5.11 Å². The van der Waals surface area contributed by atoms with E-state index in [-0.39, 0.29) is 5.41 Å². The standard InChI is InChI=1S/C11H18N2OS/c1-10(2)6-11(14,8-15-7-10)9-4-5-12-13(9)3/h4-5,14H,6-8H2,1-3H3. The molecular formula is C11H18N2OS. The maximum Gasteiger partial charge on any atom is 0.116 e. The summed E-state index contributed by atoms with van der Waals surface area (Å²) in [5.74, 6) is 1.89. The molecule has 0 bridgehead atoms. The minimum Gasteiger partial charge on any atom is -0.383 e. The van der Waals surface area contributed by atoms with Gasteiger partial charge in [-0.15, -0.1) is 0 Å². The van der Waals surface area contributed by atoms with Gasteiger partial charge in [0, 0.05) is 19.0 Å². The fraction of sp³-hybridized carbons (Fsp3) is 0.727. The number of aromatic nitrogens is 2. The van der Waals surface area contributed by atoms with Crippen LogP contribution in [0.2, 0.25) is 0 Å². The van der Waals surface area contributed by atoms with Gasteiger partial charge in [0.05, 0.1) is 5.69 Å². The second-order valence-corrected chi connectivity index (χ2v) is 6.19. The van der Waals surface area contributed by atoms with Gasteiger partial charge in [-0.05, 0) is 23.7 Å². The number of aliphatic hydroxyl groups is 1. The number of thioether (sulfide) groups is 1. The van der Waals surface area contributed by atoms with Crippen molar-refractivity contribution in [2.75, 3.05) is 11.5 Å². The van der Waals surface area contributed by atoms with Gasteiger partial charge in [0.25, 0.3) is 0 Å². The van der Waals surface area contributed by atoms with E-state index in [1.54, 1.807) is 10.9 Å². The van der Waals surface area contributed by atoms with Crippen LogP contribution in [-0.4, -0.2) is 26.4 Å². The van der Waals surface area contributed by atoms with E-state index in [1.165, 1.54) is 0 Å². The molecule has 2 heterocycles. The van der Waals surface area contributed by atoms with Crippen LogP contribution in [0.1, 0.15) is 26.0 Å². The van der Waals surface area contributed by atoms with Gasteiger partial charge < -0.3 is 5.11 Å². The third kappa shape index (κ3) is 2.06. The Hall–Kier alpha value is -0.480. The normalized spacial score (nSPS) is 30.4. The smallest absolute Gasteiger partial charge is 0.116 e. The molecule has 1 aromatic heterocycles. The Kier molecular flexibility index (Phi) is 2.59. The third-order valence-electron chi connectivity index (χ3n) is 2.90. The molecule has 2 rings (SSSR count). The summed E-state index contributed by atoms with van der Waals surface area (Å²) in [6, 6.07) is 1.92. The first-order chi connectivity index (χ1) is 6.93. The molecule has 4 heteroatoms. The zero-order valence-corrected chi connectivity index (χ0v) is 10.3. The molecule has 1 N–H and O–H groups in total. The summed E-state index contributed by atoms with van der Waals surface area (Å²) < 4.78 is 1.78. The third-order valence-corrected chi connectivity index (χ3v) is 4.57. The van der Waals surface area contributed by atoms with Crippen LogP contribution < -0.4 is 0 Å². The van der Waals surface area contributed by atoms with Gasteiger partial charge in [-0.3, -0.25) is 4.68 Å². The Bertz CT molecular complexity index is 361. The molecule has 0 aromatic carbocycles. The first kappa shape index (κ1) is 11.0. The second kappa shape index (κ2) is 3.52. The van der Waals surface area contributed by atoms with Crippen molar-refractivity contribution in [3.8, 4) is 0 Å². The Morgan fingerprint density at radius 1 is 1.47 bits per heavy atom.